The molecule has 0 aliphatic heterocycles. The Morgan fingerprint density at radius 2 is 1.85 bits per heavy atom. The molecule has 27 heavy (non-hydrogen) atoms. The summed E-state index contributed by atoms with van der Waals surface area (Å²) in [6, 6.07) is 5.35. The van der Waals surface area contributed by atoms with Gasteiger partial charge < -0.3 is 4.74 Å². The van der Waals surface area contributed by atoms with E-state index >= 15 is 0 Å². The summed E-state index contributed by atoms with van der Waals surface area (Å²) in [6.45, 7) is 7.46. The molecular formula is C23H30O4. The Labute approximate surface area is 162 Å². The first-order valence-electron chi connectivity index (χ1n) is 9.59. The first-order chi connectivity index (χ1) is 12.9. The lowest BCUT2D eigenvalue weighted by molar-refractivity contribution is -0.120. The predicted molar refractivity (Wildman–Crippen MR) is 110 cm³/mol. The summed E-state index contributed by atoms with van der Waals surface area (Å²) in [4.78, 5) is 36.6. The van der Waals surface area contributed by atoms with Crippen molar-refractivity contribution in [2.75, 3.05) is 6.61 Å². The highest BCUT2D eigenvalue weighted by Gasteiger charge is 2.15. The largest absolute Gasteiger partial charge is 0.462 e. The third-order valence-corrected chi connectivity index (χ3v) is 4.16. The molecule has 0 spiro atoms. The molecule has 0 radical (unpaired) electrons. The highest BCUT2D eigenvalue weighted by Crippen LogP contribution is 2.20. The van der Waals surface area contributed by atoms with Gasteiger partial charge in [-0.3, -0.25) is 9.59 Å². The van der Waals surface area contributed by atoms with Crippen molar-refractivity contribution in [3.63, 3.8) is 0 Å². The molecule has 0 aromatic heterocycles. The van der Waals surface area contributed by atoms with Crippen molar-refractivity contribution in [1.82, 2.24) is 0 Å². The second-order valence-electron chi connectivity index (χ2n) is 6.47. The van der Waals surface area contributed by atoms with E-state index in [1.807, 2.05) is 31.2 Å². The lowest BCUT2D eigenvalue weighted by atomic mass is 9.96. The molecule has 0 saturated carbocycles. The molecule has 0 aliphatic rings. The Balaban J connectivity index is 3.22. The average molecular weight is 370 g/mol. The van der Waals surface area contributed by atoms with E-state index in [2.05, 4.69) is 6.92 Å². The normalized spacial score (nSPS) is 11.6. The van der Waals surface area contributed by atoms with Crippen LogP contribution in [0.5, 0.6) is 0 Å². The number of carbonyl (C=O) groups is 3. The van der Waals surface area contributed by atoms with E-state index in [0.717, 1.165) is 24.8 Å². The standard InChI is InChI=1S/C23H30O4/c1-5-8-9-11-21(25)16-19(17(4)24)15-20-14-18(10-6-2)12-13-22(20)23(26)27-7-3/h6,10,12-15H,5,7-9,11,16H2,1-4H3/b10-6+,19-15+. The molecule has 0 saturated heterocycles. The molecule has 0 atom stereocenters. The molecule has 0 N–H and O–H groups in total. The highest BCUT2D eigenvalue weighted by molar-refractivity contribution is 6.04. The van der Waals surface area contributed by atoms with Gasteiger partial charge in [-0.05, 0) is 56.5 Å². The van der Waals surface area contributed by atoms with Crippen LogP contribution in [-0.2, 0) is 14.3 Å². The molecule has 4 heteroatoms. The minimum Gasteiger partial charge on any atom is -0.462 e. The molecule has 0 amide bonds. The number of hydrogen-bond donors (Lipinski definition) is 0. The van der Waals surface area contributed by atoms with E-state index in [9.17, 15) is 14.4 Å². The fraction of sp³-hybridized carbons (Fsp3) is 0.435. The monoisotopic (exact) mass is 370 g/mol. The number of allylic oxidation sites excluding steroid dienone is 2. The van der Waals surface area contributed by atoms with Gasteiger partial charge in [0.25, 0.3) is 0 Å². The van der Waals surface area contributed by atoms with Crippen LogP contribution in [0.25, 0.3) is 12.2 Å². The van der Waals surface area contributed by atoms with Crippen LogP contribution in [-0.4, -0.2) is 24.1 Å². The van der Waals surface area contributed by atoms with Gasteiger partial charge in [0.2, 0.25) is 0 Å². The fourth-order valence-electron chi connectivity index (χ4n) is 2.73. The van der Waals surface area contributed by atoms with Crippen molar-refractivity contribution >= 4 is 29.7 Å². The Morgan fingerprint density at radius 3 is 2.44 bits per heavy atom. The third-order valence-electron chi connectivity index (χ3n) is 4.16. The number of carbonyl (C=O) groups excluding carboxylic acids is 3. The van der Waals surface area contributed by atoms with Crippen LogP contribution in [0.4, 0.5) is 0 Å². The van der Waals surface area contributed by atoms with E-state index in [1.54, 1.807) is 19.1 Å². The smallest absolute Gasteiger partial charge is 0.338 e. The highest BCUT2D eigenvalue weighted by atomic mass is 16.5. The minimum atomic E-state index is -0.437. The van der Waals surface area contributed by atoms with Gasteiger partial charge in [-0.15, -0.1) is 0 Å². The summed E-state index contributed by atoms with van der Waals surface area (Å²) in [7, 11) is 0. The molecule has 4 nitrogen and oxygen atoms in total. The van der Waals surface area contributed by atoms with E-state index in [4.69, 9.17) is 4.74 Å². The number of Topliss-reactive ketones (excluding diaryl/α,β-unsaturated/α-hetero) is 2. The third kappa shape index (κ3) is 7.73. The number of unbranched alkanes of at least 4 members (excludes halogenated alkanes) is 2. The van der Waals surface area contributed by atoms with Crippen LogP contribution in [0.15, 0.2) is 29.8 Å². The second kappa shape index (κ2) is 12.0. The van der Waals surface area contributed by atoms with Crippen molar-refractivity contribution in [2.24, 2.45) is 0 Å². The zero-order valence-corrected chi connectivity index (χ0v) is 16.8. The molecular weight excluding hydrogens is 340 g/mol. The number of ether oxygens (including phenoxy) is 1. The second-order valence-corrected chi connectivity index (χ2v) is 6.47. The Hall–Kier alpha value is -2.49. The molecule has 1 aromatic rings. The predicted octanol–water partition coefficient (Wildman–Crippen LogP) is 5.41. The van der Waals surface area contributed by atoms with Crippen molar-refractivity contribution in [3.05, 3.63) is 46.5 Å². The maximum Gasteiger partial charge on any atom is 0.338 e. The Kier molecular flexibility index (Phi) is 10.0. The summed E-state index contributed by atoms with van der Waals surface area (Å²) < 4.78 is 5.12. The van der Waals surface area contributed by atoms with Crippen LogP contribution in [0.2, 0.25) is 0 Å². The van der Waals surface area contributed by atoms with Gasteiger partial charge >= 0.3 is 5.97 Å². The molecule has 0 heterocycles. The summed E-state index contributed by atoms with van der Waals surface area (Å²) in [6.07, 6.45) is 8.92. The zero-order chi connectivity index (χ0) is 20.2. The first-order valence-corrected chi connectivity index (χ1v) is 9.59. The van der Waals surface area contributed by atoms with Crippen molar-refractivity contribution in [1.29, 1.82) is 0 Å². The average Bonchev–Trinajstić information content (AvgIpc) is 2.62. The maximum absolute atomic E-state index is 12.3. The lowest BCUT2D eigenvalue weighted by Crippen LogP contribution is -2.09. The van der Waals surface area contributed by atoms with Crippen LogP contribution < -0.4 is 0 Å². The molecule has 1 rings (SSSR count). The van der Waals surface area contributed by atoms with Crippen LogP contribution in [0.3, 0.4) is 0 Å². The summed E-state index contributed by atoms with van der Waals surface area (Å²) >= 11 is 0. The quantitative estimate of drug-likeness (QED) is 0.297. The Bertz CT molecular complexity index is 726. The van der Waals surface area contributed by atoms with Gasteiger partial charge in [0, 0.05) is 18.4 Å². The molecule has 0 unspecified atom stereocenters. The topological polar surface area (TPSA) is 60.4 Å². The van der Waals surface area contributed by atoms with E-state index < -0.39 is 5.97 Å². The van der Waals surface area contributed by atoms with Gasteiger partial charge in [0.1, 0.15) is 5.78 Å². The van der Waals surface area contributed by atoms with Crippen LogP contribution in [0.1, 0.15) is 81.3 Å². The number of rotatable bonds is 11. The molecule has 0 aliphatic carbocycles. The minimum absolute atomic E-state index is 0.0483. The van der Waals surface area contributed by atoms with E-state index in [1.165, 1.54) is 6.92 Å². The van der Waals surface area contributed by atoms with Gasteiger partial charge in [-0.1, -0.05) is 38.0 Å². The van der Waals surface area contributed by atoms with Gasteiger partial charge in [0.15, 0.2) is 5.78 Å². The van der Waals surface area contributed by atoms with Gasteiger partial charge in [-0.2, -0.15) is 0 Å². The molecule has 1 aromatic carbocycles. The molecule has 0 fully saturated rings. The van der Waals surface area contributed by atoms with Gasteiger partial charge in [-0.25, -0.2) is 4.79 Å². The Morgan fingerprint density at radius 1 is 1.11 bits per heavy atom. The van der Waals surface area contributed by atoms with E-state index in [-0.39, 0.29) is 24.6 Å². The van der Waals surface area contributed by atoms with Crippen molar-refractivity contribution in [3.8, 4) is 0 Å². The number of benzene rings is 1. The van der Waals surface area contributed by atoms with E-state index in [0.29, 0.717) is 23.1 Å². The number of esters is 1. The maximum atomic E-state index is 12.3. The molecule has 0 bridgehead atoms. The van der Waals surface area contributed by atoms with Crippen LogP contribution in [0, 0.1) is 0 Å². The summed E-state index contributed by atoms with van der Waals surface area (Å²) in [5.41, 5.74) is 2.31. The SMILES string of the molecule is C/C=C/c1ccc(C(=O)OCC)c(/C=C(\CC(=O)CCCCC)C(C)=O)c1. The molecule has 146 valence electrons. The summed E-state index contributed by atoms with van der Waals surface area (Å²) in [5, 5.41) is 0. The number of ketones is 2. The first kappa shape index (κ1) is 22.6. The van der Waals surface area contributed by atoms with Crippen LogP contribution >= 0.6 is 0 Å². The fourth-order valence-corrected chi connectivity index (χ4v) is 2.73. The van der Waals surface area contributed by atoms with Crippen molar-refractivity contribution in [2.45, 2.75) is 59.8 Å². The van der Waals surface area contributed by atoms with Gasteiger partial charge in [0.05, 0.1) is 12.2 Å². The summed E-state index contributed by atoms with van der Waals surface area (Å²) in [5.74, 6) is -0.551. The zero-order valence-electron chi connectivity index (χ0n) is 16.8. The lowest BCUT2D eigenvalue weighted by Gasteiger charge is -2.09. The van der Waals surface area contributed by atoms with Crippen molar-refractivity contribution < 1.29 is 19.1 Å². The number of hydrogen-bond acceptors (Lipinski definition) is 4.